The van der Waals surface area contributed by atoms with Gasteiger partial charge in [-0.2, -0.15) is 0 Å². The minimum atomic E-state index is -2.82. The fraction of sp³-hybridized carbons (Fsp3) is 0.750. The molecule has 20 heavy (non-hydrogen) atoms. The summed E-state index contributed by atoms with van der Waals surface area (Å²) in [5, 5.41) is 7.23. The van der Waals surface area contributed by atoms with Gasteiger partial charge in [0.15, 0.2) is 5.69 Å². The molecule has 2 heterocycles. The lowest BCUT2D eigenvalue weighted by Crippen LogP contribution is -2.22. The highest BCUT2D eigenvalue weighted by molar-refractivity contribution is 5.88. The largest absolute Gasteiger partial charge is 0.461 e. The summed E-state index contributed by atoms with van der Waals surface area (Å²) < 4.78 is 37.3. The maximum Gasteiger partial charge on any atom is 0.361 e. The van der Waals surface area contributed by atoms with Crippen molar-refractivity contribution in [3.63, 3.8) is 0 Å². The normalized spacial score (nSPS) is 16.6. The molecule has 1 aliphatic heterocycles. The second-order valence-electron chi connectivity index (χ2n) is 4.58. The van der Waals surface area contributed by atoms with Crippen molar-refractivity contribution in [2.45, 2.75) is 32.7 Å². The maximum atomic E-state index is 13.1. The summed E-state index contributed by atoms with van der Waals surface area (Å²) in [6.45, 7) is 3.26. The Hall–Kier alpha value is -1.57. The molecule has 0 unspecified atom stereocenters. The van der Waals surface area contributed by atoms with Gasteiger partial charge in [-0.05, 0) is 25.7 Å². The molecule has 1 aromatic rings. The van der Waals surface area contributed by atoms with Crippen LogP contribution in [0.25, 0.3) is 0 Å². The van der Waals surface area contributed by atoms with Gasteiger partial charge in [0.05, 0.1) is 6.61 Å². The van der Waals surface area contributed by atoms with Gasteiger partial charge < -0.3 is 9.47 Å². The standard InChI is InChI=1S/C12H17F2N3O3/c1-2-20-12(18)9-10(11(13)14)17(16-15-9)7-8-3-5-19-6-4-8/h8,11H,2-7H2,1H3. The van der Waals surface area contributed by atoms with E-state index in [1.54, 1.807) is 6.92 Å². The highest BCUT2D eigenvalue weighted by Crippen LogP contribution is 2.25. The smallest absolute Gasteiger partial charge is 0.361 e. The fourth-order valence-electron chi connectivity index (χ4n) is 2.19. The van der Waals surface area contributed by atoms with Gasteiger partial charge in [-0.3, -0.25) is 0 Å². The Morgan fingerprint density at radius 3 is 2.80 bits per heavy atom. The molecule has 0 N–H and O–H groups in total. The van der Waals surface area contributed by atoms with E-state index >= 15 is 0 Å². The van der Waals surface area contributed by atoms with Gasteiger partial charge in [-0.25, -0.2) is 18.3 Å². The third-order valence-electron chi connectivity index (χ3n) is 3.22. The number of aromatic nitrogens is 3. The number of alkyl halides is 2. The Labute approximate surface area is 115 Å². The van der Waals surface area contributed by atoms with E-state index < -0.39 is 23.8 Å². The van der Waals surface area contributed by atoms with Crippen LogP contribution in [0.15, 0.2) is 0 Å². The molecule has 0 aromatic carbocycles. The summed E-state index contributed by atoms with van der Waals surface area (Å²) in [7, 11) is 0. The van der Waals surface area contributed by atoms with E-state index in [0.29, 0.717) is 19.8 Å². The zero-order valence-electron chi connectivity index (χ0n) is 11.2. The molecule has 0 aliphatic carbocycles. The van der Waals surface area contributed by atoms with Crippen molar-refractivity contribution < 1.29 is 23.0 Å². The molecule has 1 saturated heterocycles. The lowest BCUT2D eigenvalue weighted by Gasteiger charge is -2.22. The first-order chi connectivity index (χ1) is 9.63. The zero-order valence-corrected chi connectivity index (χ0v) is 11.2. The summed E-state index contributed by atoms with van der Waals surface area (Å²) in [5.74, 6) is -0.654. The molecule has 8 heteroatoms. The Balaban J connectivity index is 2.17. The van der Waals surface area contributed by atoms with Gasteiger partial charge >= 0.3 is 5.97 Å². The SMILES string of the molecule is CCOC(=O)c1nnn(CC2CCOCC2)c1C(F)F. The molecule has 0 amide bonds. The highest BCUT2D eigenvalue weighted by Gasteiger charge is 2.28. The van der Waals surface area contributed by atoms with Crippen LogP contribution in [-0.4, -0.2) is 40.8 Å². The molecule has 1 aliphatic rings. The van der Waals surface area contributed by atoms with Crippen molar-refractivity contribution in [2.24, 2.45) is 5.92 Å². The van der Waals surface area contributed by atoms with Crippen LogP contribution in [0.5, 0.6) is 0 Å². The van der Waals surface area contributed by atoms with Gasteiger partial charge in [0.25, 0.3) is 6.43 Å². The van der Waals surface area contributed by atoms with Crippen LogP contribution in [0.1, 0.15) is 42.4 Å². The minimum absolute atomic E-state index is 0.105. The van der Waals surface area contributed by atoms with E-state index in [2.05, 4.69) is 10.3 Å². The van der Waals surface area contributed by atoms with E-state index in [4.69, 9.17) is 9.47 Å². The van der Waals surface area contributed by atoms with E-state index in [0.717, 1.165) is 17.5 Å². The number of hydrogen-bond acceptors (Lipinski definition) is 5. The molecule has 0 spiro atoms. The average Bonchev–Trinajstić information content (AvgIpc) is 2.84. The zero-order chi connectivity index (χ0) is 14.5. The molecule has 2 rings (SSSR count). The first-order valence-electron chi connectivity index (χ1n) is 6.59. The van der Waals surface area contributed by atoms with Crippen LogP contribution in [0.2, 0.25) is 0 Å². The fourth-order valence-corrected chi connectivity index (χ4v) is 2.19. The van der Waals surface area contributed by atoms with Crippen molar-refractivity contribution >= 4 is 5.97 Å². The van der Waals surface area contributed by atoms with E-state index in [1.807, 2.05) is 0 Å². The topological polar surface area (TPSA) is 66.2 Å². The first-order valence-corrected chi connectivity index (χ1v) is 6.59. The molecule has 1 aromatic heterocycles. The number of hydrogen-bond donors (Lipinski definition) is 0. The number of ether oxygens (including phenoxy) is 2. The minimum Gasteiger partial charge on any atom is -0.461 e. The summed E-state index contributed by atoms with van der Waals surface area (Å²) >= 11 is 0. The Kier molecular flexibility index (Phi) is 4.99. The van der Waals surface area contributed by atoms with E-state index in [9.17, 15) is 13.6 Å². The Bertz CT molecular complexity index is 459. The monoisotopic (exact) mass is 289 g/mol. The van der Waals surface area contributed by atoms with Crippen LogP contribution >= 0.6 is 0 Å². The first kappa shape index (κ1) is 14.8. The maximum absolute atomic E-state index is 13.1. The summed E-state index contributed by atoms with van der Waals surface area (Å²) in [5.41, 5.74) is -0.858. The highest BCUT2D eigenvalue weighted by atomic mass is 19.3. The number of esters is 1. The van der Waals surface area contributed by atoms with Crippen LogP contribution in [0, 0.1) is 5.92 Å². The lowest BCUT2D eigenvalue weighted by atomic mass is 10.0. The molecule has 6 nitrogen and oxygen atoms in total. The number of halogens is 2. The van der Waals surface area contributed by atoms with Gasteiger partial charge in [0, 0.05) is 19.8 Å². The molecule has 112 valence electrons. The number of carbonyl (C=O) groups is 1. The summed E-state index contributed by atoms with van der Waals surface area (Å²) in [6.07, 6.45) is -1.24. The van der Waals surface area contributed by atoms with Crippen molar-refractivity contribution in [1.82, 2.24) is 15.0 Å². The van der Waals surface area contributed by atoms with Crippen LogP contribution in [0.3, 0.4) is 0 Å². The second kappa shape index (κ2) is 6.74. The van der Waals surface area contributed by atoms with Gasteiger partial charge in [0.1, 0.15) is 5.69 Å². The van der Waals surface area contributed by atoms with E-state index in [-0.39, 0.29) is 12.5 Å². The quantitative estimate of drug-likeness (QED) is 0.773. The third kappa shape index (κ3) is 3.30. The lowest BCUT2D eigenvalue weighted by molar-refractivity contribution is 0.0499. The van der Waals surface area contributed by atoms with Crippen molar-refractivity contribution in [2.75, 3.05) is 19.8 Å². The Morgan fingerprint density at radius 1 is 1.50 bits per heavy atom. The number of nitrogens with zero attached hydrogens (tertiary/aromatic N) is 3. The molecular weight excluding hydrogens is 272 g/mol. The third-order valence-corrected chi connectivity index (χ3v) is 3.22. The summed E-state index contributed by atoms with van der Waals surface area (Å²) in [4.78, 5) is 11.6. The summed E-state index contributed by atoms with van der Waals surface area (Å²) in [6, 6.07) is 0. The number of carbonyl (C=O) groups excluding carboxylic acids is 1. The van der Waals surface area contributed by atoms with Crippen molar-refractivity contribution in [3.05, 3.63) is 11.4 Å². The molecule has 0 radical (unpaired) electrons. The average molecular weight is 289 g/mol. The van der Waals surface area contributed by atoms with E-state index in [1.165, 1.54) is 0 Å². The van der Waals surface area contributed by atoms with Crippen molar-refractivity contribution in [1.29, 1.82) is 0 Å². The molecule has 1 fully saturated rings. The second-order valence-corrected chi connectivity index (χ2v) is 4.58. The Morgan fingerprint density at radius 2 is 2.20 bits per heavy atom. The van der Waals surface area contributed by atoms with Gasteiger partial charge in [0.2, 0.25) is 0 Å². The van der Waals surface area contributed by atoms with Crippen LogP contribution in [0.4, 0.5) is 8.78 Å². The predicted molar refractivity (Wildman–Crippen MR) is 64.5 cm³/mol. The van der Waals surface area contributed by atoms with Gasteiger partial charge in [-0.1, -0.05) is 5.21 Å². The molecule has 0 saturated carbocycles. The molecular formula is C12H17F2N3O3. The number of rotatable bonds is 5. The molecule has 0 atom stereocenters. The van der Waals surface area contributed by atoms with Crippen molar-refractivity contribution in [3.8, 4) is 0 Å². The molecule has 0 bridgehead atoms. The predicted octanol–water partition coefficient (Wildman–Crippen LogP) is 1.82. The van der Waals surface area contributed by atoms with Crippen LogP contribution in [-0.2, 0) is 16.0 Å². The van der Waals surface area contributed by atoms with Crippen LogP contribution < -0.4 is 0 Å². The van der Waals surface area contributed by atoms with Gasteiger partial charge in [-0.15, -0.1) is 5.10 Å².